The Kier molecular flexibility index (Phi) is 5.47. The number of likely N-dealkylation sites (tertiary alicyclic amines) is 1. The zero-order valence-corrected chi connectivity index (χ0v) is 13.4. The van der Waals surface area contributed by atoms with E-state index in [2.05, 4.69) is 5.32 Å². The summed E-state index contributed by atoms with van der Waals surface area (Å²) in [7, 11) is 0. The van der Waals surface area contributed by atoms with Gasteiger partial charge in [0.2, 0.25) is 0 Å². The molecule has 116 valence electrons. The molecule has 0 aromatic carbocycles. The second-order valence-corrected chi connectivity index (χ2v) is 7.16. The number of hydrogen-bond acceptors (Lipinski definition) is 3. The molecule has 0 spiro atoms. The predicted octanol–water partition coefficient (Wildman–Crippen LogP) is 2.84. The van der Waals surface area contributed by atoms with Gasteiger partial charge in [-0.3, -0.25) is 0 Å². The summed E-state index contributed by atoms with van der Waals surface area (Å²) in [5.41, 5.74) is 0. The topological polar surface area (TPSA) is 69.6 Å². The van der Waals surface area contributed by atoms with Crippen LogP contribution in [0.3, 0.4) is 0 Å². The maximum Gasteiger partial charge on any atom is 0.326 e. The molecule has 1 aliphatic rings. The maximum atomic E-state index is 12.1. The van der Waals surface area contributed by atoms with E-state index in [1.165, 1.54) is 16.2 Å². The first-order valence-electron chi connectivity index (χ1n) is 6.99. The minimum Gasteiger partial charge on any atom is -0.480 e. The Balaban J connectivity index is 1.85. The molecule has 2 atom stereocenters. The van der Waals surface area contributed by atoms with Crippen LogP contribution in [0.5, 0.6) is 0 Å². The average molecular weight is 331 g/mol. The maximum absolute atomic E-state index is 12.1. The fourth-order valence-corrected chi connectivity index (χ4v) is 3.59. The van der Waals surface area contributed by atoms with Gasteiger partial charge in [0.1, 0.15) is 6.04 Å². The SMILES string of the molecule is CC1CCN(C(=O)NCCc2ccc(Cl)s2)C(C(=O)O)C1. The van der Waals surface area contributed by atoms with E-state index in [1.807, 2.05) is 19.1 Å². The Morgan fingerprint density at radius 3 is 2.90 bits per heavy atom. The molecular formula is C14H19ClN2O3S. The summed E-state index contributed by atoms with van der Waals surface area (Å²) < 4.78 is 0.729. The Labute approximate surface area is 132 Å². The van der Waals surface area contributed by atoms with Crippen molar-refractivity contribution in [1.82, 2.24) is 10.2 Å². The van der Waals surface area contributed by atoms with Gasteiger partial charge in [0.15, 0.2) is 0 Å². The lowest BCUT2D eigenvalue weighted by atomic mass is 9.93. The summed E-state index contributed by atoms with van der Waals surface area (Å²) in [4.78, 5) is 26.0. The van der Waals surface area contributed by atoms with Crippen LogP contribution in [0.4, 0.5) is 4.79 Å². The van der Waals surface area contributed by atoms with E-state index in [1.54, 1.807) is 0 Å². The highest BCUT2D eigenvalue weighted by atomic mass is 35.5. The summed E-state index contributed by atoms with van der Waals surface area (Å²) in [6.45, 7) is 2.99. The molecule has 0 aliphatic carbocycles. The molecule has 2 N–H and O–H groups in total. The third-order valence-electron chi connectivity index (χ3n) is 3.69. The number of halogens is 1. The van der Waals surface area contributed by atoms with Gasteiger partial charge in [-0.2, -0.15) is 0 Å². The van der Waals surface area contributed by atoms with Crippen molar-refractivity contribution in [3.05, 3.63) is 21.3 Å². The van der Waals surface area contributed by atoms with Gasteiger partial charge in [0.05, 0.1) is 4.34 Å². The molecule has 0 radical (unpaired) electrons. The van der Waals surface area contributed by atoms with Crippen LogP contribution in [0.15, 0.2) is 12.1 Å². The van der Waals surface area contributed by atoms with Crippen molar-refractivity contribution >= 4 is 34.9 Å². The molecule has 0 saturated carbocycles. The number of carboxylic acids is 1. The van der Waals surface area contributed by atoms with Crippen molar-refractivity contribution in [3.63, 3.8) is 0 Å². The van der Waals surface area contributed by atoms with Crippen molar-refractivity contribution in [2.45, 2.75) is 32.2 Å². The summed E-state index contributed by atoms with van der Waals surface area (Å²) in [6, 6.07) is 2.75. The number of nitrogens with zero attached hydrogens (tertiary/aromatic N) is 1. The molecule has 1 aromatic heterocycles. The van der Waals surface area contributed by atoms with Gasteiger partial charge in [-0.25, -0.2) is 9.59 Å². The van der Waals surface area contributed by atoms with Gasteiger partial charge in [0, 0.05) is 18.0 Å². The van der Waals surface area contributed by atoms with Crippen molar-refractivity contribution in [1.29, 1.82) is 0 Å². The molecule has 2 unspecified atom stereocenters. The van der Waals surface area contributed by atoms with Crippen LogP contribution in [-0.2, 0) is 11.2 Å². The van der Waals surface area contributed by atoms with Crippen LogP contribution < -0.4 is 5.32 Å². The van der Waals surface area contributed by atoms with Gasteiger partial charge < -0.3 is 15.3 Å². The minimum atomic E-state index is -0.929. The molecule has 7 heteroatoms. The molecule has 1 aliphatic heterocycles. The number of aliphatic carboxylic acids is 1. The standard InChI is InChI=1S/C14H19ClN2O3S/c1-9-5-7-17(11(8-9)13(18)19)14(20)16-6-4-10-2-3-12(15)21-10/h2-3,9,11H,4-8H2,1H3,(H,16,20)(H,18,19). The molecule has 1 aromatic rings. The molecule has 2 rings (SSSR count). The van der Waals surface area contributed by atoms with Crippen molar-refractivity contribution in [2.24, 2.45) is 5.92 Å². The normalized spacial score (nSPS) is 22.1. The van der Waals surface area contributed by atoms with Gasteiger partial charge in [-0.05, 0) is 37.3 Å². The second-order valence-electron chi connectivity index (χ2n) is 5.36. The van der Waals surface area contributed by atoms with Crippen molar-refractivity contribution in [2.75, 3.05) is 13.1 Å². The fourth-order valence-electron chi connectivity index (χ4n) is 2.50. The number of amides is 2. The van der Waals surface area contributed by atoms with Crippen LogP contribution >= 0.6 is 22.9 Å². The summed E-state index contributed by atoms with van der Waals surface area (Å²) in [5, 5.41) is 12.0. The molecule has 1 saturated heterocycles. The Hall–Kier alpha value is -1.27. The summed E-state index contributed by atoms with van der Waals surface area (Å²) in [6.07, 6.45) is 2.06. The predicted molar refractivity (Wildman–Crippen MR) is 83.0 cm³/mol. The molecule has 0 bridgehead atoms. The number of hydrogen-bond donors (Lipinski definition) is 2. The van der Waals surface area contributed by atoms with Gasteiger partial charge in [-0.1, -0.05) is 18.5 Å². The number of nitrogens with one attached hydrogen (secondary N) is 1. The van der Waals surface area contributed by atoms with Crippen LogP contribution in [0, 0.1) is 5.92 Å². The number of carboxylic acid groups (broad SMARTS) is 1. The first-order valence-corrected chi connectivity index (χ1v) is 8.18. The summed E-state index contributed by atoms with van der Waals surface area (Å²) >= 11 is 7.34. The van der Waals surface area contributed by atoms with E-state index >= 15 is 0 Å². The number of thiophene rings is 1. The lowest BCUT2D eigenvalue weighted by molar-refractivity contribution is -0.143. The van der Waals surface area contributed by atoms with E-state index in [0.29, 0.717) is 31.8 Å². The number of urea groups is 1. The molecule has 2 amide bonds. The van der Waals surface area contributed by atoms with Crippen molar-refractivity contribution < 1.29 is 14.7 Å². The molecule has 5 nitrogen and oxygen atoms in total. The smallest absolute Gasteiger partial charge is 0.326 e. The lowest BCUT2D eigenvalue weighted by Gasteiger charge is -2.35. The third kappa shape index (κ3) is 4.35. The number of carbonyl (C=O) groups excluding carboxylic acids is 1. The second kappa shape index (κ2) is 7.13. The molecule has 1 fully saturated rings. The highest BCUT2D eigenvalue weighted by Gasteiger charge is 2.34. The van der Waals surface area contributed by atoms with E-state index < -0.39 is 12.0 Å². The Morgan fingerprint density at radius 1 is 1.52 bits per heavy atom. The highest BCUT2D eigenvalue weighted by Crippen LogP contribution is 2.23. The zero-order valence-electron chi connectivity index (χ0n) is 11.8. The van der Waals surface area contributed by atoms with Crippen molar-refractivity contribution in [3.8, 4) is 0 Å². The third-order valence-corrected chi connectivity index (χ3v) is 4.98. The number of piperidine rings is 1. The Bertz CT molecular complexity index is 520. The monoisotopic (exact) mass is 330 g/mol. The number of rotatable bonds is 4. The minimum absolute atomic E-state index is 0.294. The highest BCUT2D eigenvalue weighted by molar-refractivity contribution is 7.16. The first-order chi connectivity index (χ1) is 9.97. The first kappa shape index (κ1) is 16.1. The van der Waals surface area contributed by atoms with E-state index in [0.717, 1.165) is 15.6 Å². The van der Waals surface area contributed by atoms with Crippen LogP contribution in [0.1, 0.15) is 24.6 Å². The molecule has 2 heterocycles. The van der Waals surface area contributed by atoms with Gasteiger partial charge >= 0.3 is 12.0 Å². The molecular weight excluding hydrogens is 312 g/mol. The van der Waals surface area contributed by atoms with Gasteiger partial charge in [-0.15, -0.1) is 11.3 Å². The number of carbonyl (C=O) groups is 2. The quantitative estimate of drug-likeness (QED) is 0.891. The van der Waals surface area contributed by atoms with E-state index in [4.69, 9.17) is 11.6 Å². The molecule has 21 heavy (non-hydrogen) atoms. The summed E-state index contributed by atoms with van der Waals surface area (Å²) in [5.74, 6) is -0.592. The van der Waals surface area contributed by atoms with Crippen LogP contribution in [-0.4, -0.2) is 41.1 Å². The largest absolute Gasteiger partial charge is 0.480 e. The zero-order chi connectivity index (χ0) is 15.4. The van der Waals surface area contributed by atoms with Gasteiger partial charge in [0.25, 0.3) is 0 Å². The van der Waals surface area contributed by atoms with E-state index in [-0.39, 0.29) is 6.03 Å². The average Bonchev–Trinajstić information content (AvgIpc) is 2.84. The van der Waals surface area contributed by atoms with E-state index in [9.17, 15) is 14.7 Å². The Morgan fingerprint density at radius 2 is 2.29 bits per heavy atom. The van der Waals surface area contributed by atoms with Crippen LogP contribution in [0.2, 0.25) is 4.34 Å². The lowest BCUT2D eigenvalue weighted by Crippen LogP contribution is -2.53. The fraction of sp³-hybridized carbons (Fsp3) is 0.571. The van der Waals surface area contributed by atoms with Crippen LogP contribution in [0.25, 0.3) is 0 Å².